The van der Waals surface area contributed by atoms with Crippen LogP contribution in [0, 0.1) is 5.82 Å². The molecule has 1 N–H and O–H groups in total. The first kappa shape index (κ1) is 20.9. The van der Waals surface area contributed by atoms with Gasteiger partial charge in [0.2, 0.25) is 0 Å². The molecule has 0 saturated heterocycles. The van der Waals surface area contributed by atoms with Crippen LogP contribution in [0.15, 0.2) is 35.1 Å². The van der Waals surface area contributed by atoms with Gasteiger partial charge >= 0.3 is 0 Å². The molecule has 7 heteroatoms. The van der Waals surface area contributed by atoms with E-state index in [1.165, 1.54) is 34.9 Å². The molecule has 2 aromatic rings. The van der Waals surface area contributed by atoms with Crippen LogP contribution in [0.4, 0.5) is 4.39 Å². The van der Waals surface area contributed by atoms with E-state index in [1.807, 2.05) is 13.8 Å². The second kappa shape index (κ2) is 9.13. The smallest absolute Gasteiger partial charge is 0.268 e. The van der Waals surface area contributed by atoms with Gasteiger partial charge in [-0.15, -0.1) is 0 Å². The van der Waals surface area contributed by atoms with Crippen molar-refractivity contribution in [3.8, 4) is 5.69 Å². The lowest BCUT2D eigenvalue weighted by molar-refractivity contribution is 0.0757. The number of fused-ring (bicyclic) bond motifs is 1. The van der Waals surface area contributed by atoms with Crippen LogP contribution in [0.3, 0.4) is 0 Å². The van der Waals surface area contributed by atoms with E-state index in [1.54, 1.807) is 0 Å². The minimum atomic E-state index is -0.531. The van der Waals surface area contributed by atoms with Gasteiger partial charge < -0.3 is 10.1 Å². The second-order valence-electron chi connectivity index (χ2n) is 7.34. The van der Waals surface area contributed by atoms with Gasteiger partial charge in [0.1, 0.15) is 11.4 Å². The zero-order valence-electron chi connectivity index (χ0n) is 16.7. The summed E-state index contributed by atoms with van der Waals surface area (Å²) in [4.78, 5) is 38.2. The van der Waals surface area contributed by atoms with Crippen molar-refractivity contribution in [2.45, 2.75) is 45.6 Å². The number of ketones is 1. The Kier molecular flexibility index (Phi) is 6.59. The molecule has 154 valence electrons. The second-order valence-corrected chi connectivity index (χ2v) is 7.34. The number of nitrogens with one attached hydrogen (secondary N) is 1. The summed E-state index contributed by atoms with van der Waals surface area (Å²) >= 11 is 0. The molecule has 1 heterocycles. The van der Waals surface area contributed by atoms with Gasteiger partial charge in [0.25, 0.3) is 11.5 Å². The number of carbonyl (C=O) groups excluding carboxylic acids is 2. The maximum absolute atomic E-state index is 13.3. The molecule has 0 radical (unpaired) electrons. The highest BCUT2D eigenvalue weighted by atomic mass is 19.1. The van der Waals surface area contributed by atoms with Crippen LogP contribution in [0.2, 0.25) is 0 Å². The zero-order valence-corrected chi connectivity index (χ0v) is 16.7. The minimum Gasteiger partial charge on any atom is -0.379 e. The number of benzene rings is 1. The largest absolute Gasteiger partial charge is 0.379 e. The van der Waals surface area contributed by atoms with Gasteiger partial charge in [-0.05, 0) is 63.4 Å². The molecule has 0 atom stereocenters. The third-order valence-corrected chi connectivity index (χ3v) is 4.81. The van der Waals surface area contributed by atoms with Crippen molar-refractivity contribution in [1.29, 1.82) is 0 Å². The molecule has 1 aliphatic carbocycles. The summed E-state index contributed by atoms with van der Waals surface area (Å²) in [5, 5.41) is 2.72. The van der Waals surface area contributed by atoms with Crippen molar-refractivity contribution >= 4 is 11.7 Å². The molecule has 1 aromatic carbocycles. The molecule has 3 rings (SSSR count). The number of pyridine rings is 1. The number of carbonyl (C=O) groups is 2. The molecular formula is C22H25FN2O4. The van der Waals surface area contributed by atoms with Gasteiger partial charge in [-0.3, -0.25) is 19.0 Å². The molecule has 0 unspecified atom stereocenters. The fourth-order valence-corrected chi connectivity index (χ4v) is 3.41. The van der Waals surface area contributed by atoms with Gasteiger partial charge in [-0.1, -0.05) is 0 Å². The summed E-state index contributed by atoms with van der Waals surface area (Å²) < 4.78 is 20.1. The lowest BCUT2D eigenvalue weighted by atomic mass is 9.92. The number of hydrogen-bond donors (Lipinski definition) is 1. The van der Waals surface area contributed by atoms with Crippen LogP contribution < -0.4 is 10.9 Å². The minimum absolute atomic E-state index is 0.0897. The summed E-state index contributed by atoms with van der Waals surface area (Å²) in [7, 11) is 0. The molecule has 1 amide bonds. The number of halogens is 1. The Morgan fingerprint density at radius 1 is 1.21 bits per heavy atom. The van der Waals surface area contributed by atoms with Gasteiger partial charge in [0.15, 0.2) is 5.78 Å². The van der Waals surface area contributed by atoms with Gasteiger partial charge in [0.05, 0.1) is 6.10 Å². The van der Waals surface area contributed by atoms with Crippen LogP contribution in [-0.4, -0.2) is 35.5 Å². The number of Topliss-reactive ketones (excluding diaryl/α,β-unsaturated/α-hetero) is 1. The van der Waals surface area contributed by atoms with E-state index in [0.717, 1.165) is 0 Å². The third kappa shape index (κ3) is 4.79. The molecular weight excluding hydrogens is 375 g/mol. The van der Waals surface area contributed by atoms with E-state index in [-0.39, 0.29) is 17.5 Å². The average Bonchev–Trinajstić information content (AvgIpc) is 2.68. The third-order valence-electron chi connectivity index (χ3n) is 4.81. The average molecular weight is 400 g/mol. The number of hydrogen-bond acceptors (Lipinski definition) is 4. The maximum atomic E-state index is 13.3. The van der Waals surface area contributed by atoms with E-state index in [0.29, 0.717) is 55.8 Å². The number of aromatic nitrogens is 1. The first-order chi connectivity index (χ1) is 13.9. The number of rotatable bonds is 7. The monoisotopic (exact) mass is 400 g/mol. The van der Waals surface area contributed by atoms with Crippen LogP contribution in [0.1, 0.15) is 59.5 Å². The van der Waals surface area contributed by atoms with Crippen molar-refractivity contribution in [3.63, 3.8) is 0 Å². The summed E-state index contributed by atoms with van der Waals surface area (Å²) in [6.45, 7) is 4.72. The fraction of sp³-hybridized carbons (Fsp3) is 0.409. The molecule has 0 spiro atoms. The Labute approximate surface area is 168 Å². The quantitative estimate of drug-likeness (QED) is 0.725. The van der Waals surface area contributed by atoms with E-state index in [4.69, 9.17) is 4.74 Å². The van der Waals surface area contributed by atoms with Crippen LogP contribution in [-0.2, 0) is 11.2 Å². The van der Waals surface area contributed by atoms with Crippen molar-refractivity contribution < 1.29 is 18.7 Å². The summed E-state index contributed by atoms with van der Waals surface area (Å²) in [5.41, 5.74) is 0.782. The van der Waals surface area contributed by atoms with Crippen molar-refractivity contribution in [2.75, 3.05) is 13.2 Å². The lowest BCUT2D eigenvalue weighted by Gasteiger charge is -2.21. The van der Waals surface area contributed by atoms with E-state index in [9.17, 15) is 18.8 Å². The van der Waals surface area contributed by atoms with Gasteiger partial charge in [-0.25, -0.2) is 4.39 Å². The van der Waals surface area contributed by atoms with E-state index in [2.05, 4.69) is 5.32 Å². The van der Waals surface area contributed by atoms with Crippen LogP contribution in [0.25, 0.3) is 5.69 Å². The summed E-state index contributed by atoms with van der Waals surface area (Å²) in [5.74, 6) is -1.05. The first-order valence-electron chi connectivity index (χ1n) is 9.86. The Morgan fingerprint density at radius 3 is 2.62 bits per heavy atom. The lowest BCUT2D eigenvalue weighted by Crippen LogP contribution is -2.36. The van der Waals surface area contributed by atoms with Gasteiger partial charge in [0, 0.05) is 36.5 Å². The number of ether oxygens (including phenoxy) is 1. The summed E-state index contributed by atoms with van der Waals surface area (Å²) in [6.07, 6.45) is 2.28. The maximum Gasteiger partial charge on any atom is 0.268 e. The summed E-state index contributed by atoms with van der Waals surface area (Å²) in [6, 6.07) is 6.85. The Hall–Kier alpha value is -2.80. The SMILES string of the molecule is CC(C)OCCCNC(=O)c1cc2c(n(-c3ccc(F)cc3)c1=O)CCCC2=O. The zero-order chi connectivity index (χ0) is 21.0. The number of amides is 1. The molecule has 0 bridgehead atoms. The topological polar surface area (TPSA) is 77.4 Å². The van der Waals surface area contributed by atoms with Crippen molar-refractivity contribution in [1.82, 2.24) is 9.88 Å². The predicted octanol–water partition coefficient (Wildman–Crippen LogP) is 3.04. The van der Waals surface area contributed by atoms with Crippen LogP contribution >= 0.6 is 0 Å². The highest BCUT2D eigenvalue weighted by molar-refractivity contribution is 6.01. The Balaban J connectivity index is 1.94. The fourth-order valence-electron chi connectivity index (χ4n) is 3.41. The molecule has 1 aromatic heterocycles. The number of nitrogens with zero attached hydrogens (tertiary/aromatic N) is 1. The van der Waals surface area contributed by atoms with E-state index < -0.39 is 17.3 Å². The Bertz CT molecular complexity index is 964. The van der Waals surface area contributed by atoms with Crippen molar-refractivity contribution in [2.24, 2.45) is 0 Å². The van der Waals surface area contributed by atoms with Crippen molar-refractivity contribution in [3.05, 3.63) is 63.3 Å². The molecule has 6 nitrogen and oxygen atoms in total. The predicted molar refractivity (Wildman–Crippen MR) is 107 cm³/mol. The molecule has 0 saturated carbocycles. The molecule has 29 heavy (non-hydrogen) atoms. The standard InChI is InChI=1S/C22H25FN2O4/c1-14(2)29-12-4-11-24-21(27)18-13-17-19(5-3-6-20(17)26)25(22(18)28)16-9-7-15(23)8-10-16/h7-10,13-14H,3-6,11-12H2,1-2H3,(H,24,27). The molecule has 0 aliphatic heterocycles. The van der Waals surface area contributed by atoms with E-state index >= 15 is 0 Å². The highest BCUT2D eigenvalue weighted by Gasteiger charge is 2.26. The Morgan fingerprint density at radius 2 is 1.93 bits per heavy atom. The normalized spacial score (nSPS) is 13.4. The van der Waals surface area contributed by atoms with Gasteiger partial charge in [-0.2, -0.15) is 0 Å². The molecule has 0 fully saturated rings. The van der Waals surface area contributed by atoms with Crippen LogP contribution in [0.5, 0.6) is 0 Å². The molecule has 1 aliphatic rings. The first-order valence-corrected chi connectivity index (χ1v) is 9.86. The highest BCUT2D eigenvalue weighted by Crippen LogP contribution is 2.23.